The summed E-state index contributed by atoms with van der Waals surface area (Å²) in [5.41, 5.74) is 8.72. The molecule has 1 heterocycles. The van der Waals surface area contributed by atoms with E-state index < -0.39 is 0 Å². The molecule has 1 aromatic carbocycles. The van der Waals surface area contributed by atoms with Crippen molar-refractivity contribution in [3.63, 3.8) is 0 Å². The molecule has 0 unspecified atom stereocenters. The molecule has 1 aromatic heterocycles. The third-order valence-electron chi connectivity index (χ3n) is 3.04. The number of nitrogens with two attached hydrogens (primary N) is 1. The minimum Gasteiger partial charge on any atom is -0.399 e. The van der Waals surface area contributed by atoms with Crippen molar-refractivity contribution in [1.29, 1.82) is 0 Å². The van der Waals surface area contributed by atoms with Crippen molar-refractivity contribution in [1.82, 2.24) is 20.2 Å². The highest BCUT2D eigenvalue weighted by molar-refractivity contribution is 5.62. The zero-order valence-corrected chi connectivity index (χ0v) is 11.8. The number of anilines is 1. The van der Waals surface area contributed by atoms with E-state index in [9.17, 15) is 0 Å². The van der Waals surface area contributed by atoms with Gasteiger partial charge in [-0.15, -0.1) is 5.10 Å². The number of tetrazole rings is 1. The maximum Gasteiger partial charge on any atom is 0.182 e. The fourth-order valence-corrected chi connectivity index (χ4v) is 2.15. The molecule has 2 rings (SSSR count). The van der Waals surface area contributed by atoms with E-state index in [2.05, 4.69) is 35.4 Å². The molecule has 0 atom stereocenters. The molecular formula is C14H21N5. The molecule has 102 valence electrons. The Morgan fingerprint density at radius 2 is 2.05 bits per heavy atom. The summed E-state index contributed by atoms with van der Waals surface area (Å²) < 4.78 is 1.86. The molecule has 0 spiro atoms. The molecule has 2 aromatic rings. The number of hydrogen-bond acceptors (Lipinski definition) is 4. The van der Waals surface area contributed by atoms with Crippen molar-refractivity contribution in [3.05, 3.63) is 23.8 Å². The summed E-state index contributed by atoms with van der Waals surface area (Å²) in [5, 5.41) is 12.0. The van der Waals surface area contributed by atoms with E-state index in [1.54, 1.807) is 0 Å². The summed E-state index contributed by atoms with van der Waals surface area (Å²) in [6, 6.07) is 5.91. The summed E-state index contributed by atoms with van der Waals surface area (Å²) in [7, 11) is 0. The second-order valence-corrected chi connectivity index (χ2v) is 5.39. The van der Waals surface area contributed by atoms with E-state index in [1.165, 1.54) is 6.42 Å². The molecule has 0 aliphatic heterocycles. The Bertz CT molecular complexity index is 524. The Hall–Kier alpha value is -1.91. The lowest BCUT2D eigenvalue weighted by Gasteiger charge is -2.07. The van der Waals surface area contributed by atoms with Crippen molar-refractivity contribution in [2.45, 2.75) is 40.2 Å². The summed E-state index contributed by atoms with van der Waals surface area (Å²) >= 11 is 0. The highest BCUT2D eigenvalue weighted by Gasteiger charge is 2.09. The van der Waals surface area contributed by atoms with Crippen LogP contribution in [0.4, 0.5) is 5.69 Å². The summed E-state index contributed by atoms with van der Waals surface area (Å²) in [6.45, 7) is 7.31. The van der Waals surface area contributed by atoms with Gasteiger partial charge in [0, 0.05) is 17.8 Å². The molecule has 0 bridgehead atoms. The molecule has 0 saturated carbocycles. The lowest BCUT2D eigenvalue weighted by molar-refractivity contribution is 0.485. The van der Waals surface area contributed by atoms with Gasteiger partial charge < -0.3 is 5.73 Å². The molecule has 0 saturated heterocycles. The molecule has 19 heavy (non-hydrogen) atoms. The van der Waals surface area contributed by atoms with E-state index in [4.69, 9.17) is 5.73 Å². The van der Waals surface area contributed by atoms with Crippen LogP contribution in [0.15, 0.2) is 18.2 Å². The van der Waals surface area contributed by atoms with E-state index in [0.717, 1.165) is 35.6 Å². The van der Waals surface area contributed by atoms with Crippen molar-refractivity contribution in [2.75, 3.05) is 5.73 Å². The maximum atomic E-state index is 5.88. The van der Waals surface area contributed by atoms with Crippen LogP contribution in [0.5, 0.6) is 0 Å². The van der Waals surface area contributed by atoms with Crippen molar-refractivity contribution < 1.29 is 0 Å². The van der Waals surface area contributed by atoms with Gasteiger partial charge >= 0.3 is 0 Å². The van der Waals surface area contributed by atoms with Crippen LogP contribution in [0.3, 0.4) is 0 Å². The average molecular weight is 259 g/mol. The largest absolute Gasteiger partial charge is 0.399 e. The second kappa shape index (κ2) is 5.82. The van der Waals surface area contributed by atoms with Crippen LogP contribution in [-0.4, -0.2) is 20.2 Å². The van der Waals surface area contributed by atoms with Crippen molar-refractivity contribution in [3.8, 4) is 11.4 Å². The topological polar surface area (TPSA) is 69.6 Å². The highest BCUT2D eigenvalue weighted by Crippen LogP contribution is 2.21. The monoisotopic (exact) mass is 259 g/mol. The Labute approximate surface area is 113 Å². The number of aromatic nitrogens is 4. The van der Waals surface area contributed by atoms with Crippen molar-refractivity contribution in [2.24, 2.45) is 5.92 Å². The molecule has 0 amide bonds. The zero-order valence-electron chi connectivity index (χ0n) is 11.8. The Morgan fingerprint density at radius 3 is 2.74 bits per heavy atom. The van der Waals surface area contributed by atoms with Gasteiger partial charge in [0.05, 0.1) is 0 Å². The van der Waals surface area contributed by atoms with Gasteiger partial charge in [0.2, 0.25) is 0 Å². The average Bonchev–Trinajstić information content (AvgIpc) is 2.75. The molecular weight excluding hydrogens is 238 g/mol. The lowest BCUT2D eigenvalue weighted by atomic mass is 10.1. The van der Waals surface area contributed by atoms with Gasteiger partial charge in [0.15, 0.2) is 5.82 Å². The van der Waals surface area contributed by atoms with Crippen molar-refractivity contribution >= 4 is 5.69 Å². The maximum absolute atomic E-state index is 5.88. The fourth-order valence-electron chi connectivity index (χ4n) is 2.15. The Kier molecular flexibility index (Phi) is 4.14. The predicted molar refractivity (Wildman–Crippen MR) is 76.5 cm³/mol. The molecule has 5 nitrogen and oxygen atoms in total. The summed E-state index contributed by atoms with van der Waals surface area (Å²) in [4.78, 5) is 0. The smallest absolute Gasteiger partial charge is 0.182 e. The Morgan fingerprint density at radius 1 is 1.26 bits per heavy atom. The predicted octanol–water partition coefficient (Wildman–Crippen LogP) is 2.67. The number of nitrogen functional groups attached to an aromatic ring is 1. The van der Waals surface area contributed by atoms with Crippen LogP contribution in [0.2, 0.25) is 0 Å². The van der Waals surface area contributed by atoms with Gasteiger partial charge in [-0.1, -0.05) is 13.8 Å². The van der Waals surface area contributed by atoms with E-state index >= 15 is 0 Å². The van der Waals surface area contributed by atoms with Crippen LogP contribution in [0, 0.1) is 12.8 Å². The molecule has 0 aliphatic carbocycles. The number of rotatable bonds is 5. The van der Waals surface area contributed by atoms with E-state index in [0.29, 0.717) is 5.92 Å². The number of aryl methyl sites for hydroxylation is 2. The van der Waals surface area contributed by atoms with Gasteiger partial charge in [-0.2, -0.15) is 0 Å². The number of hydrogen-bond donors (Lipinski definition) is 1. The molecule has 0 aliphatic rings. The van der Waals surface area contributed by atoms with E-state index in [1.807, 2.05) is 23.7 Å². The van der Waals surface area contributed by atoms with Crippen LogP contribution in [-0.2, 0) is 6.54 Å². The van der Waals surface area contributed by atoms with E-state index in [-0.39, 0.29) is 0 Å². The van der Waals surface area contributed by atoms with Gasteiger partial charge in [0.1, 0.15) is 0 Å². The quantitative estimate of drug-likeness (QED) is 0.838. The first kappa shape index (κ1) is 13.5. The van der Waals surface area contributed by atoms with Gasteiger partial charge in [-0.05, 0) is 59.9 Å². The lowest BCUT2D eigenvalue weighted by Crippen LogP contribution is -2.04. The third-order valence-corrected chi connectivity index (χ3v) is 3.04. The molecule has 5 heteroatoms. The Balaban J connectivity index is 2.18. The first-order valence-corrected chi connectivity index (χ1v) is 6.70. The first-order valence-electron chi connectivity index (χ1n) is 6.70. The number of nitrogens with zero attached hydrogens (tertiary/aromatic N) is 4. The summed E-state index contributed by atoms with van der Waals surface area (Å²) in [5.74, 6) is 1.49. The number of benzene rings is 1. The SMILES string of the molecule is Cc1cc(N)cc(-c2nnnn2CCCC(C)C)c1. The third kappa shape index (κ3) is 3.53. The first-order chi connectivity index (χ1) is 9.06. The molecule has 0 fully saturated rings. The summed E-state index contributed by atoms with van der Waals surface area (Å²) in [6.07, 6.45) is 2.26. The normalized spacial score (nSPS) is 11.2. The van der Waals surface area contributed by atoms with Crippen LogP contribution < -0.4 is 5.73 Å². The van der Waals surface area contributed by atoms with Gasteiger partial charge in [-0.25, -0.2) is 4.68 Å². The van der Waals surface area contributed by atoms with Crippen LogP contribution in [0.1, 0.15) is 32.3 Å². The van der Waals surface area contributed by atoms with Crippen LogP contribution in [0.25, 0.3) is 11.4 Å². The fraction of sp³-hybridized carbons (Fsp3) is 0.500. The minimum atomic E-state index is 0.703. The van der Waals surface area contributed by atoms with Crippen LogP contribution >= 0.6 is 0 Å². The molecule has 0 radical (unpaired) electrons. The second-order valence-electron chi connectivity index (χ2n) is 5.39. The van der Waals surface area contributed by atoms with Gasteiger partial charge in [0.25, 0.3) is 0 Å². The van der Waals surface area contributed by atoms with Gasteiger partial charge in [-0.3, -0.25) is 0 Å². The minimum absolute atomic E-state index is 0.703. The highest BCUT2D eigenvalue weighted by atomic mass is 15.5. The molecule has 2 N–H and O–H groups in total. The standard InChI is InChI=1S/C14H21N5/c1-10(2)5-4-6-19-14(16-17-18-19)12-7-11(3)8-13(15)9-12/h7-10H,4-6,15H2,1-3H3. The zero-order chi connectivity index (χ0) is 13.8.